The Morgan fingerprint density at radius 2 is 2.29 bits per heavy atom. The molecule has 0 bridgehead atoms. The number of H-pyrrole nitrogens is 1. The van der Waals surface area contributed by atoms with E-state index in [0.29, 0.717) is 11.3 Å². The predicted molar refractivity (Wildman–Crippen MR) is 63.8 cm³/mol. The quantitative estimate of drug-likeness (QED) is 0.920. The predicted octanol–water partition coefficient (Wildman–Crippen LogP) is 2.20. The Kier molecular flexibility index (Phi) is 3.21. The van der Waals surface area contributed by atoms with Gasteiger partial charge in [-0.25, -0.2) is 4.98 Å². The Hall–Kier alpha value is -2.13. The molecule has 0 saturated heterocycles. The number of nitrogens with zero attached hydrogens (tertiary/aromatic N) is 2. The standard InChI is InChI=1S/C11H6BrN3O2/c12-9-10(16)14-6-15-11(9)17-8-3-1-2-7(4-8)5-13/h1-4,6H,(H,14,15,16). The number of hydrogen-bond acceptors (Lipinski definition) is 4. The maximum absolute atomic E-state index is 11.3. The number of ether oxygens (including phenoxy) is 1. The van der Waals surface area contributed by atoms with Gasteiger partial charge in [0, 0.05) is 0 Å². The van der Waals surface area contributed by atoms with Gasteiger partial charge in [-0.1, -0.05) is 6.07 Å². The van der Waals surface area contributed by atoms with Gasteiger partial charge in [0.2, 0.25) is 5.88 Å². The van der Waals surface area contributed by atoms with Crippen LogP contribution in [0.2, 0.25) is 0 Å². The molecule has 0 unspecified atom stereocenters. The van der Waals surface area contributed by atoms with Crippen molar-refractivity contribution in [2.45, 2.75) is 0 Å². The van der Waals surface area contributed by atoms with E-state index in [9.17, 15) is 4.79 Å². The van der Waals surface area contributed by atoms with Gasteiger partial charge >= 0.3 is 0 Å². The summed E-state index contributed by atoms with van der Waals surface area (Å²) in [5, 5.41) is 8.74. The van der Waals surface area contributed by atoms with Crippen molar-refractivity contribution in [3.05, 3.63) is 51.0 Å². The molecule has 0 amide bonds. The normalized spacial score (nSPS) is 9.65. The van der Waals surface area contributed by atoms with Crippen LogP contribution >= 0.6 is 15.9 Å². The number of rotatable bonds is 2. The zero-order valence-corrected chi connectivity index (χ0v) is 10.1. The number of halogens is 1. The molecule has 0 fully saturated rings. The van der Waals surface area contributed by atoms with E-state index in [4.69, 9.17) is 10.00 Å². The summed E-state index contributed by atoms with van der Waals surface area (Å²) in [6.45, 7) is 0. The first kappa shape index (κ1) is 11.4. The molecule has 0 aliphatic rings. The second-order valence-corrected chi connectivity index (χ2v) is 3.89. The van der Waals surface area contributed by atoms with Crippen molar-refractivity contribution >= 4 is 15.9 Å². The summed E-state index contributed by atoms with van der Waals surface area (Å²) in [5.74, 6) is 0.603. The molecular formula is C11H6BrN3O2. The monoisotopic (exact) mass is 291 g/mol. The van der Waals surface area contributed by atoms with E-state index in [2.05, 4.69) is 25.9 Å². The van der Waals surface area contributed by atoms with Crippen molar-refractivity contribution in [3.8, 4) is 17.7 Å². The lowest BCUT2D eigenvalue weighted by Crippen LogP contribution is -2.08. The molecule has 5 nitrogen and oxygen atoms in total. The number of nitrogens with one attached hydrogen (secondary N) is 1. The molecule has 2 aromatic rings. The molecule has 1 aromatic carbocycles. The third-order valence-corrected chi connectivity index (χ3v) is 2.64. The molecule has 84 valence electrons. The van der Waals surface area contributed by atoms with Gasteiger partial charge in [-0.05, 0) is 34.1 Å². The first-order valence-electron chi connectivity index (χ1n) is 4.62. The molecule has 6 heteroatoms. The van der Waals surface area contributed by atoms with E-state index in [-0.39, 0.29) is 15.9 Å². The van der Waals surface area contributed by atoms with Crippen LogP contribution in [0.15, 0.2) is 39.9 Å². The van der Waals surface area contributed by atoms with E-state index in [1.54, 1.807) is 24.3 Å². The molecule has 0 atom stereocenters. The average molecular weight is 292 g/mol. The van der Waals surface area contributed by atoms with Gasteiger partial charge in [-0.15, -0.1) is 0 Å². The molecular weight excluding hydrogens is 286 g/mol. The molecule has 0 aliphatic heterocycles. The molecule has 2 rings (SSSR count). The molecule has 17 heavy (non-hydrogen) atoms. The molecule has 0 aliphatic carbocycles. The van der Waals surface area contributed by atoms with E-state index in [1.807, 2.05) is 6.07 Å². The van der Waals surface area contributed by atoms with E-state index < -0.39 is 0 Å². The van der Waals surface area contributed by atoms with Gasteiger partial charge in [-0.3, -0.25) is 4.79 Å². The van der Waals surface area contributed by atoms with Crippen molar-refractivity contribution in [3.63, 3.8) is 0 Å². The van der Waals surface area contributed by atoms with Crippen LogP contribution in [0.5, 0.6) is 11.6 Å². The van der Waals surface area contributed by atoms with Crippen LogP contribution < -0.4 is 10.3 Å². The number of nitriles is 1. The second kappa shape index (κ2) is 4.80. The smallest absolute Gasteiger partial charge is 0.268 e. The SMILES string of the molecule is N#Cc1cccc(Oc2nc[nH]c(=O)c2Br)c1. The fourth-order valence-electron chi connectivity index (χ4n) is 1.18. The lowest BCUT2D eigenvalue weighted by molar-refractivity contribution is 0.457. The minimum Gasteiger partial charge on any atom is -0.438 e. The zero-order chi connectivity index (χ0) is 12.3. The Morgan fingerprint density at radius 1 is 1.47 bits per heavy atom. The zero-order valence-electron chi connectivity index (χ0n) is 8.48. The molecule has 0 radical (unpaired) electrons. The number of benzene rings is 1. The third kappa shape index (κ3) is 2.52. The molecule has 1 aromatic heterocycles. The van der Waals surface area contributed by atoms with Crippen molar-refractivity contribution in [1.82, 2.24) is 9.97 Å². The van der Waals surface area contributed by atoms with E-state index in [1.165, 1.54) is 6.33 Å². The largest absolute Gasteiger partial charge is 0.438 e. The highest BCUT2D eigenvalue weighted by atomic mass is 79.9. The number of aromatic nitrogens is 2. The van der Waals surface area contributed by atoms with Crippen molar-refractivity contribution in [1.29, 1.82) is 5.26 Å². The third-order valence-electron chi connectivity index (χ3n) is 1.94. The highest BCUT2D eigenvalue weighted by Gasteiger charge is 2.07. The maximum Gasteiger partial charge on any atom is 0.268 e. The summed E-state index contributed by atoms with van der Waals surface area (Å²) in [7, 11) is 0. The van der Waals surface area contributed by atoms with Crippen molar-refractivity contribution < 1.29 is 4.74 Å². The lowest BCUT2D eigenvalue weighted by atomic mass is 10.2. The van der Waals surface area contributed by atoms with Crippen molar-refractivity contribution in [2.24, 2.45) is 0 Å². The van der Waals surface area contributed by atoms with Crippen LogP contribution in [0.4, 0.5) is 0 Å². The molecule has 0 saturated carbocycles. The lowest BCUT2D eigenvalue weighted by Gasteiger charge is -2.05. The topological polar surface area (TPSA) is 78.8 Å². The average Bonchev–Trinajstić information content (AvgIpc) is 2.35. The van der Waals surface area contributed by atoms with Crippen LogP contribution in [-0.2, 0) is 0 Å². The Balaban J connectivity index is 2.35. The minimum absolute atomic E-state index is 0.156. The summed E-state index contributed by atoms with van der Waals surface area (Å²) >= 11 is 3.08. The van der Waals surface area contributed by atoms with Crippen LogP contribution in [0.3, 0.4) is 0 Å². The summed E-state index contributed by atoms with van der Waals surface area (Å²) < 4.78 is 5.61. The van der Waals surface area contributed by atoms with Crippen LogP contribution in [-0.4, -0.2) is 9.97 Å². The van der Waals surface area contributed by atoms with Gasteiger partial charge in [0.05, 0.1) is 18.0 Å². The highest BCUT2D eigenvalue weighted by molar-refractivity contribution is 9.10. The van der Waals surface area contributed by atoms with E-state index in [0.717, 1.165) is 0 Å². The Morgan fingerprint density at radius 3 is 3.06 bits per heavy atom. The fourth-order valence-corrected chi connectivity index (χ4v) is 1.48. The summed E-state index contributed by atoms with van der Waals surface area (Å²) in [5.41, 5.74) is 0.148. The van der Waals surface area contributed by atoms with Crippen LogP contribution in [0.25, 0.3) is 0 Å². The Bertz CT molecular complexity index is 646. The first-order valence-corrected chi connectivity index (χ1v) is 5.41. The highest BCUT2D eigenvalue weighted by Crippen LogP contribution is 2.24. The van der Waals surface area contributed by atoms with Gasteiger partial charge in [0.25, 0.3) is 5.56 Å². The van der Waals surface area contributed by atoms with Crippen LogP contribution in [0.1, 0.15) is 5.56 Å². The first-order chi connectivity index (χ1) is 8.20. The van der Waals surface area contributed by atoms with Gasteiger partial charge in [0.1, 0.15) is 10.2 Å². The van der Waals surface area contributed by atoms with E-state index >= 15 is 0 Å². The van der Waals surface area contributed by atoms with Crippen molar-refractivity contribution in [2.75, 3.05) is 0 Å². The number of hydrogen-bond donors (Lipinski definition) is 1. The Labute approximate surface area is 105 Å². The second-order valence-electron chi connectivity index (χ2n) is 3.09. The van der Waals surface area contributed by atoms with Crippen LogP contribution in [0, 0.1) is 11.3 Å². The summed E-state index contributed by atoms with van der Waals surface area (Å²) in [4.78, 5) is 17.6. The summed E-state index contributed by atoms with van der Waals surface area (Å²) in [6, 6.07) is 8.59. The molecule has 1 heterocycles. The fraction of sp³-hybridized carbons (Fsp3) is 0. The van der Waals surface area contributed by atoms with Gasteiger partial charge < -0.3 is 9.72 Å². The summed E-state index contributed by atoms with van der Waals surface area (Å²) in [6.07, 6.45) is 1.25. The van der Waals surface area contributed by atoms with Gasteiger partial charge in [-0.2, -0.15) is 5.26 Å². The maximum atomic E-state index is 11.3. The molecule has 1 N–H and O–H groups in total. The minimum atomic E-state index is -0.327. The number of aromatic amines is 1. The molecule has 0 spiro atoms. The van der Waals surface area contributed by atoms with Gasteiger partial charge in [0.15, 0.2) is 0 Å².